The Morgan fingerprint density at radius 3 is 1.88 bits per heavy atom. The van der Waals surface area contributed by atoms with Crippen LogP contribution in [0.1, 0.15) is 84.5 Å². The van der Waals surface area contributed by atoms with Crippen LogP contribution in [0.3, 0.4) is 0 Å². The first-order valence-electron chi connectivity index (χ1n) is 26.8. The molecule has 0 amide bonds. The summed E-state index contributed by atoms with van der Waals surface area (Å²) in [5.74, 6) is 1.57. The van der Waals surface area contributed by atoms with Crippen molar-refractivity contribution in [2.45, 2.75) is 79.5 Å². The Bertz CT molecular complexity index is 3810. The average Bonchev–Trinajstić information content (AvgIpc) is 4.00. The SMILES string of the molecule is [2H]c1cc(-c2ccccc2)cc([2H])c1-c1cccc(-c2cc(C(C)(C)C)cc(C(C)(C)C)c2)c1N1[CH-]N(c2[c-]c(Oc3[c-]c4c(cc3)c3ccccc3n4-c3cc(C([2H])([2H])C(C)(C)C)ccn3)ccc2)c2ccccc21.[Pt]. The number of para-hydroxylation sites is 4. The molecule has 0 spiro atoms. The van der Waals surface area contributed by atoms with Gasteiger partial charge in [-0.3, -0.25) is 0 Å². The maximum atomic E-state index is 9.63. The Kier molecular flexibility index (Phi) is 11.8. The van der Waals surface area contributed by atoms with Crippen LogP contribution < -0.4 is 14.5 Å². The smallest absolute Gasteiger partial charge is 0.135 e. The van der Waals surface area contributed by atoms with Crippen LogP contribution in [-0.4, -0.2) is 9.55 Å². The van der Waals surface area contributed by atoms with Gasteiger partial charge in [0.25, 0.3) is 0 Å². The van der Waals surface area contributed by atoms with Crippen LogP contribution in [0.25, 0.3) is 61.0 Å². The first-order valence-corrected chi connectivity index (χ1v) is 24.8. The normalized spacial score (nSPS) is 13.8. The zero-order chi connectivity index (χ0) is 53.5. The van der Waals surface area contributed by atoms with Crippen LogP contribution in [0.5, 0.6) is 11.5 Å². The molecule has 1 aliphatic heterocycles. The molecule has 0 fully saturated rings. The van der Waals surface area contributed by atoms with E-state index < -0.39 is 11.8 Å². The molecular weight excluding hydrogens is 1070 g/mol. The molecule has 0 bridgehead atoms. The Balaban J connectivity index is 0.00000672. The van der Waals surface area contributed by atoms with Crippen molar-refractivity contribution in [2.75, 3.05) is 9.80 Å². The largest absolute Gasteiger partial charge is 0.509 e. The molecule has 8 aromatic carbocycles. The van der Waals surface area contributed by atoms with Crippen molar-refractivity contribution >= 4 is 44.6 Å². The zero-order valence-corrected chi connectivity index (χ0v) is 45.1. The monoisotopic (exact) mass is 1140 g/mol. The Morgan fingerprint density at radius 2 is 1.18 bits per heavy atom. The number of aromatic nitrogens is 2. The third-order valence-electron chi connectivity index (χ3n) is 13.3. The van der Waals surface area contributed by atoms with Crippen LogP contribution in [0, 0.1) is 24.2 Å². The summed E-state index contributed by atoms with van der Waals surface area (Å²) in [7, 11) is 0. The molecule has 0 unspecified atom stereocenters. The molecule has 2 aromatic heterocycles. The van der Waals surface area contributed by atoms with Gasteiger partial charge in [-0.1, -0.05) is 189 Å². The summed E-state index contributed by atoms with van der Waals surface area (Å²) in [4.78, 5) is 9.12. The average molecular weight is 1140 g/mol. The number of anilines is 4. The predicted molar refractivity (Wildman–Crippen MR) is 301 cm³/mol. The number of rotatable bonds is 9. The first kappa shape index (κ1) is 44.5. The molecule has 0 N–H and O–H groups in total. The van der Waals surface area contributed by atoms with Crippen molar-refractivity contribution in [2.24, 2.45) is 5.41 Å². The summed E-state index contributed by atoms with van der Waals surface area (Å²) in [6.07, 6.45) is 0.0676. The molecule has 73 heavy (non-hydrogen) atoms. The van der Waals surface area contributed by atoms with E-state index in [4.69, 9.17) is 12.5 Å². The van der Waals surface area contributed by atoms with Gasteiger partial charge in [-0.05, 0) is 97.3 Å². The number of benzene rings is 8. The van der Waals surface area contributed by atoms with Crippen molar-refractivity contribution in [3.05, 3.63) is 224 Å². The number of ether oxygens (including phenoxy) is 1. The zero-order valence-electron chi connectivity index (χ0n) is 46.8. The van der Waals surface area contributed by atoms with E-state index >= 15 is 0 Å². The van der Waals surface area contributed by atoms with E-state index in [-0.39, 0.29) is 44.0 Å². The van der Waals surface area contributed by atoms with E-state index in [2.05, 4.69) is 119 Å². The van der Waals surface area contributed by atoms with E-state index in [9.17, 15) is 2.74 Å². The Labute approximate surface area is 452 Å². The van der Waals surface area contributed by atoms with Crippen molar-refractivity contribution in [1.82, 2.24) is 9.55 Å². The van der Waals surface area contributed by atoms with Gasteiger partial charge in [0, 0.05) is 75.2 Å². The van der Waals surface area contributed by atoms with Crippen LogP contribution in [-0.2, 0) is 38.3 Å². The molecule has 0 saturated carbocycles. The minimum atomic E-state index is -1.61. The van der Waals surface area contributed by atoms with Gasteiger partial charge in [-0.2, -0.15) is 12.1 Å². The standard InChI is InChI=1S/C67H61N4O.Pt/c1-65(2,3)43-45-35-36-68-63(37-45)71-59-26-14-13-23-57(59)58-34-33-54(42-62(58)71)72-53-22-17-21-52(41-53)69-44-70(61-28-16-15-27-60(61)69)64-55(48-31-29-47(30-32-48)46-19-11-10-12-20-46)24-18-25-56(64)49-38-50(66(4,5)6)40-51(39-49)67(7,8)9;/h10-40,44H,43H2,1-9H3;/q-3;/i31D,32D,43D2;. The molecule has 3 heterocycles. The van der Waals surface area contributed by atoms with Crippen LogP contribution in [0.2, 0.25) is 0 Å². The summed E-state index contributed by atoms with van der Waals surface area (Å²) in [6.45, 7) is 21.3. The molecule has 0 saturated heterocycles. The van der Waals surface area contributed by atoms with Gasteiger partial charge in [0.1, 0.15) is 5.82 Å². The van der Waals surface area contributed by atoms with Crippen LogP contribution >= 0.6 is 0 Å². The molecule has 6 heteroatoms. The van der Waals surface area contributed by atoms with E-state index in [0.717, 1.165) is 72.4 Å². The minimum Gasteiger partial charge on any atom is -0.509 e. The van der Waals surface area contributed by atoms with Gasteiger partial charge in [-0.25, -0.2) is 4.98 Å². The predicted octanol–water partition coefficient (Wildman–Crippen LogP) is 18.2. The fourth-order valence-corrected chi connectivity index (χ4v) is 9.68. The quantitative estimate of drug-likeness (QED) is 0.135. The molecule has 368 valence electrons. The molecule has 1 aliphatic rings. The number of pyridine rings is 1. The molecular formula is C67H61N4OPt-3. The fraction of sp³-hybridized carbons (Fsp3) is 0.194. The van der Waals surface area contributed by atoms with Crippen molar-refractivity contribution in [3.63, 3.8) is 0 Å². The maximum Gasteiger partial charge on any atom is 0.135 e. The summed E-state index contributed by atoms with van der Waals surface area (Å²) in [6, 6.07) is 64.6. The van der Waals surface area contributed by atoms with Crippen molar-refractivity contribution in [1.29, 1.82) is 0 Å². The summed E-state index contributed by atoms with van der Waals surface area (Å²) < 4.78 is 46.1. The number of hydrogen-bond donors (Lipinski definition) is 0. The molecule has 5 nitrogen and oxygen atoms in total. The molecule has 0 radical (unpaired) electrons. The number of hydrogen-bond acceptors (Lipinski definition) is 4. The fourth-order valence-electron chi connectivity index (χ4n) is 9.68. The van der Waals surface area contributed by atoms with Gasteiger partial charge in [0.05, 0.1) is 2.74 Å². The molecule has 10 aromatic rings. The van der Waals surface area contributed by atoms with E-state index in [0.29, 0.717) is 28.4 Å². The molecule has 0 aliphatic carbocycles. The summed E-state index contributed by atoms with van der Waals surface area (Å²) in [5, 5.41) is 1.99. The molecule has 11 rings (SSSR count). The van der Waals surface area contributed by atoms with Crippen LogP contribution in [0.15, 0.2) is 188 Å². The summed E-state index contributed by atoms with van der Waals surface area (Å²) in [5.41, 5.74) is 12.4. The van der Waals surface area contributed by atoms with Gasteiger partial charge in [0.2, 0.25) is 0 Å². The minimum absolute atomic E-state index is 0. The van der Waals surface area contributed by atoms with Gasteiger partial charge < -0.3 is 19.1 Å². The van der Waals surface area contributed by atoms with Gasteiger partial charge in [0.15, 0.2) is 0 Å². The third kappa shape index (κ3) is 9.88. The maximum absolute atomic E-state index is 9.63. The number of fused-ring (bicyclic) bond motifs is 4. The van der Waals surface area contributed by atoms with Gasteiger partial charge in [-0.15, -0.1) is 48.1 Å². The Morgan fingerprint density at radius 1 is 0.562 bits per heavy atom. The second-order valence-electron chi connectivity index (χ2n) is 21.8. The van der Waals surface area contributed by atoms with Gasteiger partial charge >= 0.3 is 0 Å². The Hall–Kier alpha value is -7.20. The molecule has 0 atom stereocenters. The summed E-state index contributed by atoms with van der Waals surface area (Å²) >= 11 is 0. The van der Waals surface area contributed by atoms with E-state index in [1.54, 1.807) is 12.3 Å². The first-order chi connectivity index (χ1) is 36.2. The topological polar surface area (TPSA) is 33.5 Å². The van der Waals surface area contributed by atoms with Crippen LogP contribution in [0.4, 0.5) is 22.7 Å². The van der Waals surface area contributed by atoms with E-state index in [1.165, 1.54) is 11.1 Å². The second kappa shape index (κ2) is 19.3. The van der Waals surface area contributed by atoms with E-state index in [1.807, 2.05) is 141 Å². The van der Waals surface area contributed by atoms with Crippen molar-refractivity contribution < 1.29 is 31.3 Å². The third-order valence-corrected chi connectivity index (χ3v) is 13.3. The number of nitrogens with zero attached hydrogens (tertiary/aromatic N) is 4. The second-order valence-corrected chi connectivity index (χ2v) is 21.8. The van der Waals surface area contributed by atoms with Crippen molar-refractivity contribution in [3.8, 4) is 50.7 Å².